The van der Waals surface area contributed by atoms with E-state index in [4.69, 9.17) is 47.9 Å². The molecular weight excluding hydrogens is 921 g/mol. The van der Waals surface area contributed by atoms with Crippen LogP contribution in [-0.4, -0.2) is 97.6 Å². The van der Waals surface area contributed by atoms with E-state index in [0.29, 0.717) is 65.2 Å². The summed E-state index contributed by atoms with van der Waals surface area (Å²) in [5.74, 6) is 0.545. The SMILES string of the molecule is C=CCOC12Oc3ccc(Oc4ccc(OC)c(C=O)c4)cc3C3C(CCCCO)C(CCCCO)C=C(C(=NOC(C)(C)C)CC1N(Cc1ccc4c(c1)OCO4)C(=O)OCCOCc1ccccc1)C32. The van der Waals surface area contributed by atoms with Gasteiger partial charge in [0.05, 0.1) is 44.1 Å². The van der Waals surface area contributed by atoms with Crippen molar-refractivity contribution >= 4 is 18.1 Å². The summed E-state index contributed by atoms with van der Waals surface area (Å²) in [6, 6.07) is 25.3. The lowest BCUT2D eigenvalue weighted by molar-refractivity contribution is -0.256. The number of hydrogen-bond acceptors (Lipinski definition) is 14. The molecule has 6 atom stereocenters. The smallest absolute Gasteiger partial charge is 0.410 e. The number of carbonyl (C=O) groups is 2. The summed E-state index contributed by atoms with van der Waals surface area (Å²) in [4.78, 5) is 35.2. The van der Waals surface area contributed by atoms with Crippen LogP contribution >= 0.6 is 0 Å². The van der Waals surface area contributed by atoms with Crippen LogP contribution in [0, 0.1) is 17.8 Å². The second-order valence-electron chi connectivity index (χ2n) is 19.6. The van der Waals surface area contributed by atoms with E-state index in [1.807, 2.05) is 87.5 Å². The molecule has 4 aromatic carbocycles. The van der Waals surface area contributed by atoms with Gasteiger partial charge in [-0.1, -0.05) is 66.5 Å². The van der Waals surface area contributed by atoms with Crippen LogP contribution in [0.25, 0.3) is 0 Å². The van der Waals surface area contributed by atoms with Crippen LogP contribution in [0.5, 0.6) is 34.5 Å². The Morgan fingerprint density at radius 2 is 1.64 bits per heavy atom. The number of rotatable bonds is 24. The number of oxime groups is 1. The fraction of sp³-hybridized carbons (Fsp3) is 0.456. The van der Waals surface area contributed by atoms with Crippen LogP contribution < -0.4 is 23.7 Å². The molecule has 1 fully saturated rings. The van der Waals surface area contributed by atoms with Gasteiger partial charge in [-0.3, -0.25) is 9.69 Å². The molecule has 4 aromatic rings. The first-order valence-electron chi connectivity index (χ1n) is 25.0. The quantitative estimate of drug-likeness (QED) is 0.0294. The van der Waals surface area contributed by atoms with E-state index >= 15 is 4.79 Å². The maximum Gasteiger partial charge on any atom is 0.410 e. The Kier molecular flexibility index (Phi) is 17.2. The lowest BCUT2D eigenvalue weighted by atomic mass is 9.55. The molecule has 2 N–H and O–H groups in total. The number of methoxy groups -OCH3 is 1. The Bertz CT molecular complexity index is 2560. The van der Waals surface area contributed by atoms with Crippen molar-refractivity contribution in [3.8, 4) is 34.5 Å². The van der Waals surface area contributed by atoms with E-state index in [1.54, 1.807) is 29.2 Å². The first-order valence-corrected chi connectivity index (χ1v) is 25.0. The minimum atomic E-state index is -1.57. The van der Waals surface area contributed by atoms with Crippen molar-refractivity contribution in [3.05, 3.63) is 131 Å². The van der Waals surface area contributed by atoms with Crippen LogP contribution in [0.15, 0.2) is 114 Å². The summed E-state index contributed by atoms with van der Waals surface area (Å²) < 4.78 is 50.2. The van der Waals surface area contributed by atoms with Crippen molar-refractivity contribution in [2.24, 2.45) is 22.9 Å². The van der Waals surface area contributed by atoms with Gasteiger partial charge in [0.1, 0.15) is 41.2 Å². The Morgan fingerprint density at radius 3 is 2.39 bits per heavy atom. The fourth-order valence-corrected chi connectivity index (χ4v) is 10.5. The zero-order valence-electron chi connectivity index (χ0n) is 41.8. The van der Waals surface area contributed by atoms with Crippen LogP contribution in [-0.2, 0) is 32.2 Å². The summed E-state index contributed by atoms with van der Waals surface area (Å²) in [5, 5.41) is 25.1. The molecule has 4 aliphatic rings. The Labute approximate surface area is 422 Å². The number of nitrogens with zero attached hydrogens (tertiary/aromatic N) is 2. The molecular formula is C57H68N2O13. The lowest BCUT2D eigenvalue weighted by Gasteiger charge is -2.60. The Balaban J connectivity index is 1.29. The number of benzene rings is 4. The van der Waals surface area contributed by atoms with E-state index in [0.717, 1.165) is 54.2 Å². The third-order valence-electron chi connectivity index (χ3n) is 13.6. The van der Waals surface area contributed by atoms with Crippen molar-refractivity contribution in [1.29, 1.82) is 0 Å². The van der Waals surface area contributed by atoms with Crippen LogP contribution in [0.1, 0.15) is 98.7 Å². The average molecular weight is 989 g/mol. The molecule has 0 saturated heterocycles. The molecule has 2 heterocycles. The molecule has 15 nitrogen and oxygen atoms in total. The number of carbonyl (C=O) groups excluding carboxylic acids is 2. The molecule has 0 bridgehead atoms. The van der Waals surface area contributed by atoms with Crippen molar-refractivity contribution in [1.82, 2.24) is 4.90 Å². The number of hydrogen-bond donors (Lipinski definition) is 2. The molecule has 8 rings (SSSR count). The number of fused-ring (bicyclic) bond motifs is 3. The third-order valence-corrected chi connectivity index (χ3v) is 13.6. The highest BCUT2D eigenvalue weighted by Crippen LogP contribution is 2.62. The molecule has 0 spiro atoms. The zero-order valence-corrected chi connectivity index (χ0v) is 41.8. The second-order valence-corrected chi connectivity index (χ2v) is 19.6. The lowest BCUT2D eigenvalue weighted by Crippen LogP contribution is -2.70. The predicted octanol–water partition coefficient (Wildman–Crippen LogP) is 10.3. The number of aldehydes is 1. The number of amides is 1. The van der Waals surface area contributed by atoms with Gasteiger partial charge < -0.3 is 52.9 Å². The summed E-state index contributed by atoms with van der Waals surface area (Å²) in [6.45, 7) is 10.7. The Morgan fingerprint density at radius 1 is 0.889 bits per heavy atom. The van der Waals surface area contributed by atoms with Crippen molar-refractivity contribution in [3.63, 3.8) is 0 Å². The van der Waals surface area contributed by atoms with E-state index < -0.39 is 29.4 Å². The second kappa shape index (κ2) is 23.9. The topological polar surface area (TPSA) is 173 Å². The highest BCUT2D eigenvalue weighted by atomic mass is 16.7. The minimum Gasteiger partial charge on any atom is -0.496 e. The van der Waals surface area contributed by atoms with Crippen molar-refractivity contribution < 1.29 is 62.5 Å². The van der Waals surface area contributed by atoms with Gasteiger partial charge in [0.15, 0.2) is 17.8 Å². The minimum absolute atomic E-state index is 0.00201. The highest BCUT2D eigenvalue weighted by Gasteiger charge is 2.66. The van der Waals surface area contributed by atoms with Crippen molar-refractivity contribution in [2.45, 2.75) is 102 Å². The van der Waals surface area contributed by atoms with Crippen molar-refractivity contribution in [2.75, 3.05) is 46.9 Å². The van der Waals surface area contributed by atoms with Crippen LogP contribution in [0.2, 0.25) is 0 Å². The maximum absolute atomic E-state index is 15.1. The number of aliphatic hydroxyl groups is 2. The normalized spacial score (nSPS) is 22.2. The molecule has 72 heavy (non-hydrogen) atoms. The molecule has 6 unspecified atom stereocenters. The molecule has 1 saturated carbocycles. The summed E-state index contributed by atoms with van der Waals surface area (Å²) in [6.07, 6.45) is 8.50. The monoisotopic (exact) mass is 988 g/mol. The van der Waals surface area contributed by atoms with Gasteiger partial charge in [-0.15, -0.1) is 6.58 Å². The van der Waals surface area contributed by atoms with Gasteiger partial charge in [0.2, 0.25) is 12.6 Å². The first kappa shape index (κ1) is 51.9. The summed E-state index contributed by atoms with van der Waals surface area (Å²) in [7, 11) is 1.51. The van der Waals surface area contributed by atoms with E-state index in [2.05, 4.69) is 12.7 Å². The van der Waals surface area contributed by atoms with Gasteiger partial charge in [-0.25, -0.2) is 4.79 Å². The molecule has 15 heteroatoms. The Hall–Kier alpha value is -6.39. The molecule has 384 valence electrons. The van der Waals surface area contributed by atoms with Crippen LogP contribution in [0.3, 0.4) is 0 Å². The summed E-state index contributed by atoms with van der Waals surface area (Å²) >= 11 is 0. The number of unbranched alkanes of at least 4 members (excludes halogenated alkanes) is 2. The zero-order chi connectivity index (χ0) is 50.7. The van der Waals surface area contributed by atoms with Gasteiger partial charge >= 0.3 is 6.09 Å². The fourth-order valence-electron chi connectivity index (χ4n) is 10.5. The summed E-state index contributed by atoms with van der Waals surface area (Å²) in [5.41, 5.74) is 3.81. The van der Waals surface area contributed by atoms with E-state index in [-0.39, 0.29) is 70.5 Å². The number of ether oxygens (including phenoxy) is 8. The van der Waals surface area contributed by atoms with Gasteiger partial charge in [-0.2, -0.15) is 0 Å². The first-order chi connectivity index (χ1) is 35.0. The van der Waals surface area contributed by atoms with Gasteiger partial charge in [-0.05, 0) is 124 Å². The predicted molar refractivity (Wildman–Crippen MR) is 270 cm³/mol. The number of aliphatic hydroxyl groups excluding tert-OH is 2. The van der Waals surface area contributed by atoms with E-state index in [9.17, 15) is 15.0 Å². The molecule has 1 amide bonds. The largest absolute Gasteiger partial charge is 0.496 e. The van der Waals surface area contributed by atoms with Gasteiger partial charge in [0.25, 0.3) is 0 Å². The third kappa shape index (κ3) is 11.9. The molecule has 2 aliphatic heterocycles. The maximum atomic E-state index is 15.1. The van der Waals surface area contributed by atoms with Crippen LogP contribution in [0.4, 0.5) is 4.79 Å². The van der Waals surface area contributed by atoms with E-state index in [1.165, 1.54) is 7.11 Å². The van der Waals surface area contributed by atoms with Gasteiger partial charge in [0, 0.05) is 37.7 Å². The highest BCUT2D eigenvalue weighted by molar-refractivity contribution is 6.03. The molecule has 2 aliphatic carbocycles. The molecule has 0 aromatic heterocycles. The standard InChI is InChI=1S/C57H68N2O13/c1-6-26-69-57-52(59(34-39-18-21-50-51(29-39)68-37-67-50)55(63)66-28-27-65-36-38-14-8-7-9-15-38)33-47(58-72-56(2,3)4)45-31-40(16-10-12-24-60)44(17-11-13-25-61)53(54(45)57)46-32-43(20-23-49(46)71-57)70-42-19-22-48(64-5)41(30-42)35-62/h6-9,14-15,18-23,29-32,35,40,44,52-54,60-61H,1,10-13,16-17,24-28,33-34,36-37H2,2-5H3. The number of allylic oxidation sites excluding steroid dienone is 1. The average Bonchev–Trinajstić information content (AvgIpc) is 3.86. The molecule has 0 radical (unpaired) electrons.